The quantitative estimate of drug-likeness (QED) is 0.485. The molecule has 1 heterocycles. The molecule has 0 spiro atoms. The maximum atomic E-state index is 9.75. The standard InChI is InChI=1S/C8H6N5.BF4/c9-10-8-7(11-13-12-8)6-4-2-1-3-5-6;2-1(3,4)5/h1-5H,(H,11,12,13);/q+1;-1. The molecule has 0 bridgehead atoms. The molecule has 0 atom stereocenters. The molecule has 0 unspecified atom stereocenters. The molecule has 1 aromatic carbocycles. The number of rotatable bonds is 1. The number of nitrogens with one attached hydrogen (secondary N) is 1. The Bertz CT molecular complexity index is 526. The van der Waals surface area contributed by atoms with Gasteiger partial charge in [-0.3, -0.25) is 0 Å². The molecule has 0 amide bonds. The predicted octanol–water partition coefficient (Wildman–Crippen LogP) is 3.26. The van der Waals surface area contributed by atoms with E-state index < -0.39 is 7.25 Å². The fraction of sp³-hybridized carbons (Fsp3) is 0. The van der Waals surface area contributed by atoms with Gasteiger partial charge in [0, 0.05) is 10.5 Å². The van der Waals surface area contributed by atoms with Gasteiger partial charge in [0.25, 0.3) is 0 Å². The first kappa shape index (κ1) is 13.6. The van der Waals surface area contributed by atoms with Crippen LogP contribution in [0.2, 0.25) is 0 Å². The van der Waals surface area contributed by atoms with Gasteiger partial charge >= 0.3 is 13.1 Å². The Hall–Kier alpha value is -2.44. The SMILES string of the molecule is F[B-](F)(F)F.N#[N+]c1n[nH]nc1-c1ccccc1. The average molecular weight is 259 g/mol. The normalized spacial score (nSPS) is 10.2. The van der Waals surface area contributed by atoms with E-state index in [1.165, 1.54) is 0 Å². The van der Waals surface area contributed by atoms with Crippen LogP contribution in [0.25, 0.3) is 16.2 Å². The Kier molecular flexibility index (Phi) is 4.36. The van der Waals surface area contributed by atoms with E-state index in [0.717, 1.165) is 5.56 Å². The molecule has 18 heavy (non-hydrogen) atoms. The second-order valence-electron chi connectivity index (χ2n) is 2.96. The molecule has 0 radical (unpaired) electrons. The lowest BCUT2D eigenvalue weighted by Gasteiger charge is -1.94. The van der Waals surface area contributed by atoms with Gasteiger partial charge in [-0.1, -0.05) is 35.5 Å². The molecule has 0 aliphatic rings. The van der Waals surface area contributed by atoms with Gasteiger partial charge in [-0.25, -0.2) is 0 Å². The fourth-order valence-corrected chi connectivity index (χ4v) is 1.08. The van der Waals surface area contributed by atoms with Crippen LogP contribution in [-0.4, -0.2) is 22.7 Å². The van der Waals surface area contributed by atoms with Crippen molar-refractivity contribution in [2.24, 2.45) is 0 Å². The van der Waals surface area contributed by atoms with Crippen molar-refractivity contribution in [3.05, 3.63) is 35.3 Å². The van der Waals surface area contributed by atoms with Crippen molar-refractivity contribution < 1.29 is 17.3 Å². The highest BCUT2D eigenvalue weighted by Gasteiger charge is 2.21. The molecule has 1 N–H and O–H groups in total. The van der Waals surface area contributed by atoms with Crippen molar-refractivity contribution >= 4 is 13.1 Å². The molecule has 0 fully saturated rings. The van der Waals surface area contributed by atoms with Gasteiger partial charge in [0.2, 0.25) is 5.69 Å². The van der Waals surface area contributed by atoms with Crippen molar-refractivity contribution in [2.45, 2.75) is 0 Å². The summed E-state index contributed by atoms with van der Waals surface area (Å²) >= 11 is 0. The zero-order valence-corrected chi connectivity index (χ0v) is 8.76. The summed E-state index contributed by atoms with van der Waals surface area (Å²) in [5, 5.41) is 18.5. The number of nitrogens with zero attached hydrogens (tertiary/aromatic N) is 4. The number of halogens is 4. The zero-order valence-electron chi connectivity index (χ0n) is 8.76. The maximum absolute atomic E-state index is 9.75. The number of aromatic amines is 1. The van der Waals surface area contributed by atoms with Crippen molar-refractivity contribution in [2.75, 3.05) is 0 Å². The topological polar surface area (TPSA) is 69.7 Å². The van der Waals surface area contributed by atoms with Crippen LogP contribution in [0.15, 0.2) is 30.3 Å². The van der Waals surface area contributed by atoms with E-state index in [9.17, 15) is 17.3 Å². The predicted molar refractivity (Wildman–Crippen MR) is 56.7 cm³/mol. The number of hydrogen-bond acceptors (Lipinski definition) is 3. The summed E-state index contributed by atoms with van der Waals surface area (Å²) in [5.41, 5.74) is 1.41. The van der Waals surface area contributed by atoms with Crippen molar-refractivity contribution in [1.82, 2.24) is 15.4 Å². The second-order valence-corrected chi connectivity index (χ2v) is 2.96. The van der Waals surface area contributed by atoms with Crippen molar-refractivity contribution in [3.63, 3.8) is 0 Å². The van der Waals surface area contributed by atoms with E-state index in [-0.39, 0.29) is 5.82 Å². The average Bonchev–Trinajstić information content (AvgIpc) is 2.76. The molecule has 94 valence electrons. The number of hydrogen-bond donors (Lipinski definition) is 1. The van der Waals surface area contributed by atoms with Crippen LogP contribution in [0.3, 0.4) is 0 Å². The smallest absolute Gasteiger partial charge is 0.418 e. The lowest BCUT2D eigenvalue weighted by atomic mass is 10.2. The third-order valence-corrected chi connectivity index (χ3v) is 1.67. The van der Waals surface area contributed by atoms with Crippen LogP contribution in [0, 0.1) is 5.39 Å². The summed E-state index contributed by atoms with van der Waals surface area (Å²) in [4.78, 5) is 3.00. The number of H-pyrrole nitrogens is 1. The summed E-state index contributed by atoms with van der Waals surface area (Å²) in [6, 6.07) is 9.40. The van der Waals surface area contributed by atoms with Gasteiger partial charge in [-0.15, -0.1) is 5.10 Å². The molecule has 1 aromatic heterocycles. The van der Waals surface area contributed by atoms with Gasteiger partial charge in [0.15, 0.2) is 0 Å². The molecular formula is C8H6BF4N5. The van der Waals surface area contributed by atoms with E-state index in [1.54, 1.807) is 0 Å². The summed E-state index contributed by atoms with van der Waals surface area (Å²) in [6.07, 6.45) is 0. The number of benzene rings is 1. The van der Waals surface area contributed by atoms with Crippen LogP contribution >= 0.6 is 0 Å². The summed E-state index contributed by atoms with van der Waals surface area (Å²) in [7, 11) is -6.00. The summed E-state index contributed by atoms with van der Waals surface area (Å²) in [6.45, 7) is 0. The Labute approximate surface area is 98.6 Å². The largest absolute Gasteiger partial charge is 0.673 e. The fourth-order valence-electron chi connectivity index (χ4n) is 1.08. The first-order valence-electron chi connectivity index (χ1n) is 4.60. The van der Waals surface area contributed by atoms with Crippen LogP contribution in [0.1, 0.15) is 0 Å². The number of diazo groups is 1. The molecule has 0 saturated carbocycles. The first-order chi connectivity index (χ1) is 8.42. The molecular weight excluding hydrogens is 253 g/mol. The molecule has 0 saturated heterocycles. The van der Waals surface area contributed by atoms with Gasteiger partial charge in [-0.05, 0) is 0 Å². The minimum absolute atomic E-state index is 0.200. The monoisotopic (exact) mass is 259 g/mol. The Morgan fingerprint density at radius 2 is 1.61 bits per heavy atom. The Balaban J connectivity index is 0.000000280. The lowest BCUT2D eigenvalue weighted by Crippen LogP contribution is -2.02. The van der Waals surface area contributed by atoms with Gasteiger partial charge in [0.1, 0.15) is 0 Å². The van der Waals surface area contributed by atoms with Gasteiger partial charge in [-0.2, -0.15) is 0 Å². The van der Waals surface area contributed by atoms with E-state index in [1.807, 2.05) is 30.3 Å². The summed E-state index contributed by atoms with van der Waals surface area (Å²) in [5.74, 6) is 0.200. The first-order valence-corrected chi connectivity index (χ1v) is 4.60. The second kappa shape index (κ2) is 5.76. The van der Waals surface area contributed by atoms with Crippen LogP contribution in [0.4, 0.5) is 23.1 Å². The Morgan fingerprint density at radius 3 is 2.11 bits per heavy atom. The highest BCUT2D eigenvalue weighted by molar-refractivity contribution is 6.50. The molecule has 5 nitrogen and oxygen atoms in total. The third-order valence-electron chi connectivity index (χ3n) is 1.67. The van der Waals surface area contributed by atoms with Crippen LogP contribution in [0.5, 0.6) is 0 Å². The molecule has 2 rings (SSSR count). The molecule has 0 aliphatic heterocycles. The van der Waals surface area contributed by atoms with E-state index in [0.29, 0.717) is 5.69 Å². The Morgan fingerprint density at radius 1 is 1.06 bits per heavy atom. The number of aromatic nitrogens is 3. The molecule has 10 heteroatoms. The van der Waals surface area contributed by atoms with Crippen LogP contribution in [-0.2, 0) is 0 Å². The minimum Gasteiger partial charge on any atom is -0.418 e. The maximum Gasteiger partial charge on any atom is 0.673 e. The van der Waals surface area contributed by atoms with Crippen molar-refractivity contribution in [1.29, 1.82) is 5.39 Å². The van der Waals surface area contributed by atoms with Crippen molar-refractivity contribution in [3.8, 4) is 11.3 Å². The highest BCUT2D eigenvalue weighted by Crippen LogP contribution is 2.24. The van der Waals surface area contributed by atoms with E-state index in [4.69, 9.17) is 5.39 Å². The summed E-state index contributed by atoms with van der Waals surface area (Å²) < 4.78 is 39.0. The van der Waals surface area contributed by atoms with Gasteiger partial charge < -0.3 is 17.3 Å². The molecule has 0 aliphatic carbocycles. The van der Waals surface area contributed by atoms with Crippen LogP contribution < -0.4 is 0 Å². The highest BCUT2D eigenvalue weighted by atomic mass is 19.5. The molecule has 2 aromatic rings. The van der Waals surface area contributed by atoms with E-state index >= 15 is 0 Å². The zero-order chi connectivity index (χ0) is 13.6. The third kappa shape index (κ3) is 4.61. The lowest BCUT2D eigenvalue weighted by molar-refractivity contribution is 0.368. The van der Waals surface area contributed by atoms with E-state index in [2.05, 4.69) is 20.4 Å². The minimum atomic E-state index is -6.00. The van der Waals surface area contributed by atoms with Gasteiger partial charge in [0.05, 0.1) is 10.5 Å².